The zero-order valence-electron chi connectivity index (χ0n) is 8.95. The Kier molecular flexibility index (Phi) is 3.01. The van der Waals surface area contributed by atoms with E-state index in [4.69, 9.17) is 20.8 Å². The summed E-state index contributed by atoms with van der Waals surface area (Å²) in [6.07, 6.45) is 1.63. The van der Waals surface area contributed by atoms with Gasteiger partial charge in [-0.3, -0.25) is 0 Å². The van der Waals surface area contributed by atoms with Gasteiger partial charge in [-0.25, -0.2) is 4.98 Å². The fourth-order valence-electron chi connectivity index (χ4n) is 1.39. The molecule has 4 nitrogen and oxygen atoms in total. The van der Waals surface area contributed by atoms with Gasteiger partial charge < -0.3 is 14.5 Å². The van der Waals surface area contributed by atoms with Crippen LogP contribution in [0.25, 0.3) is 11.3 Å². The van der Waals surface area contributed by atoms with Gasteiger partial charge in [-0.2, -0.15) is 0 Å². The zero-order valence-corrected chi connectivity index (χ0v) is 9.71. The van der Waals surface area contributed by atoms with Crippen LogP contribution < -0.4 is 10.1 Å². The van der Waals surface area contributed by atoms with Gasteiger partial charge in [-0.1, -0.05) is 11.6 Å². The smallest absolute Gasteiger partial charge is 0.294 e. The number of ether oxygens (including phenoxy) is 1. The highest BCUT2D eigenvalue weighted by molar-refractivity contribution is 6.30. The summed E-state index contributed by atoms with van der Waals surface area (Å²) in [5, 5.41) is 3.44. The second-order valence-electron chi connectivity index (χ2n) is 3.12. The van der Waals surface area contributed by atoms with E-state index in [1.54, 1.807) is 38.6 Å². The summed E-state index contributed by atoms with van der Waals surface area (Å²) in [7, 11) is 3.34. The number of benzene rings is 1. The van der Waals surface area contributed by atoms with E-state index in [0.29, 0.717) is 22.5 Å². The Morgan fingerprint density at radius 2 is 2.25 bits per heavy atom. The van der Waals surface area contributed by atoms with Crippen LogP contribution in [-0.2, 0) is 0 Å². The Hall–Kier alpha value is -1.68. The quantitative estimate of drug-likeness (QED) is 0.893. The Labute approximate surface area is 98.2 Å². The zero-order chi connectivity index (χ0) is 11.5. The van der Waals surface area contributed by atoms with Gasteiger partial charge in [0.05, 0.1) is 18.9 Å². The minimum absolute atomic E-state index is 0.456. The third-order valence-electron chi connectivity index (χ3n) is 2.15. The summed E-state index contributed by atoms with van der Waals surface area (Å²) in [5.74, 6) is 1.31. The fourth-order valence-corrected chi connectivity index (χ4v) is 1.56. The molecule has 0 aliphatic carbocycles. The minimum Gasteiger partial charge on any atom is -0.496 e. The van der Waals surface area contributed by atoms with Gasteiger partial charge >= 0.3 is 0 Å². The molecule has 16 heavy (non-hydrogen) atoms. The van der Waals surface area contributed by atoms with Crippen LogP contribution in [0.4, 0.5) is 6.01 Å². The molecule has 0 spiro atoms. The van der Waals surface area contributed by atoms with Crippen molar-refractivity contribution >= 4 is 17.6 Å². The van der Waals surface area contributed by atoms with E-state index in [-0.39, 0.29) is 0 Å². The molecule has 1 aromatic heterocycles. The van der Waals surface area contributed by atoms with Crippen molar-refractivity contribution in [2.24, 2.45) is 0 Å². The second kappa shape index (κ2) is 4.45. The molecule has 2 aromatic rings. The van der Waals surface area contributed by atoms with Crippen molar-refractivity contribution in [3.8, 4) is 17.1 Å². The van der Waals surface area contributed by atoms with Crippen molar-refractivity contribution < 1.29 is 9.15 Å². The molecule has 1 N–H and O–H groups in total. The second-order valence-corrected chi connectivity index (χ2v) is 3.56. The van der Waals surface area contributed by atoms with Crippen molar-refractivity contribution in [2.75, 3.05) is 19.5 Å². The van der Waals surface area contributed by atoms with Crippen LogP contribution in [0.3, 0.4) is 0 Å². The molecule has 0 fully saturated rings. The molecule has 0 bridgehead atoms. The first-order valence-corrected chi connectivity index (χ1v) is 5.10. The molecule has 0 aliphatic rings. The van der Waals surface area contributed by atoms with E-state index in [1.807, 2.05) is 0 Å². The molecule has 0 saturated heterocycles. The molecular formula is C11H11ClN2O2. The maximum Gasteiger partial charge on any atom is 0.294 e. The number of aromatic nitrogens is 1. The molecule has 0 saturated carbocycles. The molecule has 1 heterocycles. The Balaban J connectivity index is 2.49. The fraction of sp³-hybridized carbons (Fsp3) is 0.182. The summed E-state index contributed by atoms with van der Waals surface area (Å²) in [4.78, 5) is 4.04. The highest BCUT2D eigenvalue weighted by Crippen LogP contribution is 2.33. The predicted octanol–water partition coefficient (Wildman–Crippen LogP) is 3.05. The SMILES string of the molecule is CNc1ncc(-c2cc(Cl)ccc2OC)o1. The van der Waals surface area contributed by atoms with Gasteiger partial charge in [0.25, 0.3) is 6.01 Å². The lowest BCUT2D eigenvalue weighted by molar-refractivity contribution is 0.415. The van der Waals surface area contributed by atoms with Gasteiger partial charge in [0.1, 0.15) is 5.75 Å². The van der Waals surface area contributed by atoms with Crippen molar-refractivity contribution in [3.63, 3.8) is 0 Å². The molecule has 84 valence electrons. The van der Waals surface area contributed by atoms with E-state index < -0.39 is 0 Å². The summed E-state index contributed by atoms with van der Waals surface area (Å²) in [5.41, 5.74) is 0.781. The average Bonchev–Trinajstić information content (AvgIpc) is 2.77. The molecule has 0 amide bonds. The van der Waals surface area contributed by atoms with Crippen LogP contribution in [0.15, 0.2) is 28.8 Å². The summed E-state index contributed by atoms with van der Waals surface area (Å²) in [6.45, 7) is 0. The van der Waals surface area contributed by atoms with Crippen LogP contribution in [0.5, 0.6) is 5.75 Å². The van der Waals surface area contributed by atoms with E-state index in [1.165, 1.54) is 0 Å². The van der Waals surface area contributed by atoms with Gasteiger partial charge in [0.15, 0.2) is 5.76 Å². The predicted molar refractivity (Wildman–Crippen MR) is 63.0 cm³/mol. The standard InChI is InChI=1S/C11H11ClN2O2/c1-13-11-14-6-10(16-11)8-5-7(12)3-4-9(8)15-2/h3-6H,1-2H3,(H,13,14). The van der Waals surface area contributed by atoms with Crippen LogP contribution in [0.1, 0.15) is 0 Å². The van der Waals surface area contributed by atoms with Gasteiger partial charge in [0, 0.05) is 12.1 Å². The Morgan fingerprint density at radius 3 is 2.88 bits per heavy atom. The number of halogens is 1. The molecule has 0 aliphatic heterocycles. The van der Waals surface area contributed by atoms with Crippen LogP contribution in [0, 0.1) is 0 Å². The highest BCUT2D eigenvalue weighted by Gasteiger charge is 2.11. The largest absolute Gasteiger partial charge is 0.496 e. The van der Waals surface area contributed by atoms with Gasteiger partial charge in [-0.05, 0) is 18.2 Å². The van der Waals surface area contributed by atoms with E-state index in [0.717, 1.165) is 5.56 Å². The van der Waals surface area contributed by atoms with Crippen molar-refractivity contribution in [1.29, 1.82) is 0 Å². The van der Waals surface area contributed by atoms with Crippen LogP contribution >= 0.6 is 11.6 Å². The third kappa shape index (κ3) is 1.97. The first kappa shape index (κ1) is 10.8. The lowest BCUT2D eigenvalue weighted by atomic mass is 10.1. The number of hydrogen-bond donors (Lipinski definition) is 1. The number of rotatable bonds is 3. The lowest BCUT2D eigenvalue weighted by Crippen LogP contribution is -1.87. The number of anilines is 1. The van der Waals surface area contributed by atoms with Crippen LogP contribution in [-0.4, -0.2) is 19.1 Å². The molecule has 0 radical (unpaired) electrons. The molecular weight excluding hydrogens is 228 g/mol. The van der Waals surface area contributed by atoms with Gasteiger partial charge in [-0.15, -0.1) is 0 Å². The minimum atomic E-state index is 0.456. The topological polar surface area (TPSA) is 47.3 Å². The number of nitrogens with zero attached hydrogens (tertiary/aromatic N) is 1. The number of oxazole rings is 1. The third-order valence-corrected chi connectivity index (χ3v) is 2.38. The Bertz CT molecular complexity index is 496. The average molecular weight is 239 g/mol. The first-order chi connectivity index (χ1) is 7.74. The van der Waals surface area contributed by atoms with E-state index in [9.17, 15) is 0 Å². The number of hydrogen-bond acceptors (Lipinski definition) is 4. The van der Waals surface area contributed by atoms with E-state index in [2.05, 4.69) is 10.3 Å². The van der Waals surface area contributed by atoms with Crippen LogP contribution in [0.2, 0.25) is 5.02 Å². The molecule has 0 atom stereocenters. The Morgan fingerprint density at radius 1 is 1.44 bits per heavy atom. The molecule has 2 rings (SSSR count). The normalized spacial score (nSPS) is 10.2. The molecule has 1 aromatic carbocycles. The maximum absolute atomic E-state index is 5.93. The van der Waals surface area contributed by atoms with Crippen molar-refractivity contribution in [1.82, 2.24) is 4.98 Å². The summed E-state index contributed by atoms with van der Waals surface area (Å²) < 4.78 is 10.7. The van der Waals surface area contributed by atoms with Crippen molar-refractivity contribution in [3.05, 3.63) is 29.4 Å². The number of methoxy groups -OCH3 is 1. The number of nitrogens with one attached hydrogen (secondary N) is 1. The monoisotopic (exact) mass is 238 g/mol. The lowest BCUT2D eigenvalue weighted by Gasteiger charge is -2.05. The van der Waals surface area contributed by atoms with E-state index >= 15 is 0 Å². The maximum atomic E-state index is 5.93. The summed E-state index contributed by atoms with van der Waals surface area (Å²) >= 11 is 5.93. The van der Waals surface area contributed by atoms with Gasteiger partial charge in [0.2, 0.25) is 0 Å². The first-order valence-electron chi connectivity index (χ1n) is 4.72. The molecule has 5 heteroatoms. The molecule has 0 unspecified atom stereocenters. The highest BCUT2D eigenvalue weighted by atomic mass is 35.5. The van der Waals surface area contributed by atoms with Crippen molar-refractivity contribution in [2.45, 2.75) is 0 Å². The summed E-state index contributed by atoms with van der Waals surface area (Å²) in [6, 6.07) is 5.79.